The molecular formula is C38H32N2O2SSi. The molecule has 0 aliphatic carbocycles. The molecule has 0 unspecified atom stereocenters. The largest absolute Gasteiger partial charge is 0.311 e. The van der Waals surface area contributed by atoms with Gasteiger partial charge < -0.3 is 9.80 Å². The zero-order valence-electron chi connectivity index (χ0n) is 24.6. The van der Waals surface area contributed by atoms with Crippen LogP contribution in [0, 0.1) is 0 Å². The lowest BCUT2D eigenvalue weighted by atomic mass is 10.2. The van der Waals surface area contributed by atoms with Crippen LogP contribution in [0.3, 0.4) is 0 Å². The van der Waals surface area contributed by atoms with Crippen LogP contribution in [0.15, 0.2) is 168 Å². The highest BCUT2D eigenvalue weighted by atomic mass is 32.2. The minimum atomic E-state index is -3.59. The summed E-state index contributed by atoms with van der Waals surface area (Å²) >= 11 is 0. The minimum absolute atomic E-state index is 0.331. The van der Waals surface area contributed by atoms with Gasteiger partial charge in [0.15, 0.2) is 0 Å². The van der Waals surface area contributed by atoms with Gasteiger partial charge in [0.1, 0.15) is 8.07 Å². The van der Waals surface area contributed by atoms with E-state index in [4.69, 9.17) is 0 Å². The smallest absolute Gasteiger partial charge is 0.210 e. The van der Waals surface area contributed by atoms with Crippen molar-refractivity contribution in [2.45, 2.75) is 22.9 Å². The number of benzene rings is 6. The first-order valence-electron chi connectivity index (χ1n) is 14.7. The molecule has 6 aromatic rings. The third-order valence-corrected chi connectivity index (χ3v) is 13.9. The molecule has 1 aliphatic rings. The second-order valence-electron chi connectivity index (χ2n) is 11.5. The maximum atomic E-state index is 13.4. The Bertz CT molecular complexity index is 1950. The van der Waals surface area contributed by atoms with Gasteiger partial charge in [0, 0.05) is 22.7 Å². The molecule has 0 spiro atoms. The highest BCUT2D eigenvalue weighted by Crippen LogP contribution is 2.47. The van der Waals surface area contributed by atoms with E-state index in [1.807, 2.05) is 36.4 Å². The summed E-state index contributed by atoms with van der Waals surface area (Å²) in [6, 6.07) is 53.0. The highest BCUT2D eigenvalue weighted by Gasteiger charge is 2.35. The SMILES string of the molecule is C[Si](C)(c1ccc(N(c2ccccc2)c2ccccc2)cc1)c1ccc(N2c3ccccc3S(=O)(=O)c3ccccc32)cc1. The summed E-state index contributed by atoms with van der Waals surface area (Å²) in [7, 11) is -5.64. The minimum Gasteiger partial charge on any atom is -0.311 e. The Morgan fingerprint density at radius 2 is 0.864 bits per heavy atom. The second kappa shape index (κ2) is 11.0. The maximum Gasteiger partial charge on any atom is 0.210 e. The van der Waals surface area contributed by atoms with Crippen LogP contribution < -0.4 is 20.2 Å². The normalized spacial score (nSPS) is 13.5. The van der Waals surface area contributed by atoms with Gasteiger partial charge in [-0.05, 0) is 72.8 Å². The first kappa shape index (κ1) is 27.9. The van der Waals surface area contributed by atoms with Crippen molar-refractivity contribution >= 4 is 62.4 Å². The van der Waals surface area contributed by atoms with E-state index < -0.39 is 17.9 Å². The molecule has 4 nitrogen and oxygen atoms in total. The van der Waals surface area contributed by atoms with Crippen LogP contribution in [0.1, 0.15) is 0 Å². The van der Waals surface area contributed by atoms with Gasteiger partial charge in [-0.25, -0.2) is 8.42 Å². The number of para-hydroxylation sites is 4. The molecule has 216 valence electrons. The zero-order valence-corrected chi connectivity index (χ0v) is 26.4. The van der Waals surface area contributed by atoms with E-state index in [9.17, 15) is 8.42 Å². The Morgan fingerprint density at radius 1 is 0.477 bits per heavy atom. The zero-order chi connectivity index (χ0) is 30.3. The number of hydrogen-bond acceptors (Lipinski definition) is 4. The van der Waals surface area contributed by atoms with Crippen molar-refractivity contribution in [2.75, 3.05) is 9.80 Å². The van der Waals surface area contributed by atoms with Crippen LogP contribution in [0.2, 0.25) is 13.1 Å². The van der Waals surface area contributed by atoms with Gasteiger partial charge in [0.05, 0.1) is 21.2 Å². The topological polar surface area (TPSA) is 40.6 Å². The van der Waals surface area contributed by atoms with Gasteiger partial charge in [-0.15, -0.1) is 0 Å². The van der Waals surface area contributed by atoms with Crippen LogP contribution >= 0.6 is 0 Å². The molecule has 0 fully saturated rings. The summed E-state index contributed by atoms with van der Waals surface area (Å²) in [5.41, 5.74) is 5.63. The molecule has 44 heavy (non-hydrogen) atoms. The fourth-order valence-electron chi connectivity index (χ4n) is 6.09. The predicted molar refractivity (Wildman–Crippen MR) is 184 cm³/mol. The van der Waals surface area contributed by atoms with Crippen LogP contribution in [0.5, 0.6) is 0 Å². The van der Waals surface area contributed by atoms with Crippen molar-refractivity contribution < 1.29 is 8.42 Å². The van der Waals surface area contributed by atoms with E-state index in [0.717, 1.165) is 22.7 Å². The van der Waals surface area contributed by atoms with E-state index in [1.54, 1.807) is 24.3 Å². The molecule has 6 aromatic carbocycles. The summed E-state index contributed by atoms with van der Waals surface area (Å²) < 4.78 is 26.8. The maximum absolute atomic E-state index is 13.4. The van der Waals surface area contributed by atoms with Crippen LogP contribution in [0.4, 0.5) is 34.1 Å². The molecular weight excluding hydrogens is 577 g/mol. The predicted octanol–water partition coefficient (Wildman–Crippen LogP) is 8.60. The Morgan fingerprint density at radius 3 is 1.34 bits per heavy atom. The molecule has 0 N–H and O–H groups in total. The Labute approximate surface area is 260 Å². The molecule has 7 rings (SSSR count). The van der Waals surface area contributed by atoms with Crippen molar-refractivity contribution in [3.05, 3.63) is 158 Å². The van der Waals surface area contributed by atoms with E-state index in [1.165, 1.54) is 10.4 Å². The quantitative estimate of drug-likeness (QED) is 0.177. The number of nitrogens with zero attached hydrogens (tertiary/aromatic N) is 2. The Balaban J connectivity index is 1.22. The van der Waals surface area contributed by atoms with E-state index in [2.05, 4.69) is 120 Å². The Kier molecular flexibility index (Phi) is 6.96. The van der Waals surface area contributed by atoms with Gasteiger partial charge in [-0.1, -0.05) is 108 Å². The van der Waals surface area contributed by atoms with Crippen LogP contribution in [0.25, 0.3) is 0 Å². The average Bonchev–Trinajstić information content (AvgIpc) is 3.07. The van der Waals surface area contributed by atoms with E-state index in [-0.39, 0.29) is 0 Å². The summed E-state index contributed by atoms with van der Waals surface area (Å²) in [6.07, 6.45) is 0. The number of sulfone groups is 1. The standard InChI is InChI=1S/C38H32N2O2SSi/c1-44(2,33-25-21-31(22-26-33)39(29-13-5-3-6-14-29)30-15-7-4-8-16-30)34-27-23-32(24-28-34)40-35-17-9-11-19-37(35)43(41,42)38-20-12-10-18-36(38)40/h3-28H,1-2H3. The lowest BCUT2D eigenvalue weighted by Crippen LogP contribution is -2.52. The third kappa shape index (κ3) is 4.73. The first-order chi connectivity index (χ1) is 21.4. The van der Waals surface area contributed by atoms with Gasteiger partial charge >= 0.3 is 0 Å². The molecule has 1 aliphatic heterocycles. The van der Waals surface area contributed by atoms with Gasteiger partial charge in [-0.2, -0.15) is 0 Å². The van der Waals surface area contributed by atoms with Crippen molar-refractivity contribution in [1.82, 2.24) is 0 Å². The van der Waals surface area contributed by atoms with Gasteiger partial charge in [-0.3, -0.25) is 0 Å². The van der Waals surface area contributed by atoms with Gasteiger partial charge in [0.25, 0.3) is 0 Å². The van der Waals surface area contributed by atoms with Crippen LogP contribution in [-0.4, -0.2) is 16.5 Å². The average molecular weight is 609 g/mol. The molecule has 0 radical (unpaired) electrons. The fourth-order valence-corrected chi connectivity index (χ4v) is 10.0. The summed E-state index contributed by atoms with van der Waals surface area (Å²) in [5, 5.41) is 2.65. The number of fused-ring (bicyclic) bond motifs is 2. The molecule has 1 heterocycles. The molecule has 6 heteroatoms. The number of hydrogen-bond donors (Lipinski definition) is 0. The summed E-state index contributed by atoms with van der Waals surface area (Å²) in [4.78, 5) is 5.00. The molecule has 0 atom stereocenters. The molecule has 0 bridgehead atoms. The molecule has 0 aromatic heterocycles. The monoisotopic (exact) mass is 608 g/mol. The van der Waals surface area contributed by atoms with Crippen LogP contribution in [-0.2, 0) is 9.84 Å². The van der Waals surface area contributed by atoms with E-state index in [0.29, 0.717) is 21.2 Å². The molecule has 0 saturated carbocycles. The van der Waals surface area contributed by atoms with E-state index >= 15 is 0 Å². The Hall–Kier alpha value is -4.91. The van der Waals surface area contributed by atoms with Crippen molar-refractivity contribution in [3.8, 4) is 0 Å². The molecule has 0 saturated heterocycles. The summed E-state index contributed by atoms with van der Waals surface area (Å²) in [5.74, 6) is 0. The lowest BCUT2D eigenvalue weighted by molar-refractivity contribution is 0.595. The van der Waals surface area contributed by atoms with Crippen molar-refractivity contribution in [1.29, 1.82) is 0 Å². The number of rotatable bonds is 6. The lowest BCUT2D eigenvalue weighted by Gasteiger charge is -2.33. The second-order valence-corrected chi connectivity index (χ2v) is 17.8. The third-order valence-electron chi connectivity index (χ3n) is 8.51. The first-order valence-corrected chi connectivity index (χ1v) is 19.2. The van der Waals surface area contributed by atoms with Crippen molar-refractivity contribution in [3.63, 3.8) is 0 Å². The fraction of sp³-hybridized carbons (Fsp3) is 0.0526. The number of anilines is 6. The molecule has 0 amide bonds. The van der Waals surface area contributed by atoms with Gasteiger partial charge in [0.2, 0.25) is 9.84 Å². The summed E-state index contributed by atoms with van der Waals surface area (Å²) in [6.45, 7) is 4.75. The van der Waals surface area contributed by atoms with Crippen molar-refractivity contribution in [2.24, 2.45) is 0 Å². The highest BCUT2D eigenvalue weighted by molar-refractivity contribution is 7.92.